The first-order chi connectivity index (χ1) is 10.8. The normalized spacial score (nSPS) is 15.3. The number of nitro groups is 1. The molecule has 1 aromatic carbocycles. The minimum absolute atomic E-state index is 0.0851. The summed E-state index contributed by atoms with van der Waals surface area (Å²) in [5, 5.41) is 11.3. The van der Waals surface area contributed by atoms with E-state index in [1.165, 1.54) is 28.8 Å². The van der Waals surface area contributed by atoms with Gasteiger partial charge in [-0.05, 0) is 32.1 Å². The Labute approximate surface area is 136 Å². The quantitative estimate of drug-likeness (QED) is 0.479. The van der Waals surface area contributed by atoms with Crippen LogP contribution in [-0.4, -0.2) is 15.1 Å². The topological polar surface area (TPSA) is 74.4 Å². The van der Waals surface area contributed by atoms with Gasteiger partial charge in [0.2, 0.25) is 0 Å². The minimum atomic E-state index is -0.683. The summed E-state index contributed by atoms with van der Waals surface area (Å²) in [5.74, 6) is 0.463. The number of ether oxygens (including phenoxy) is 1. The van der Waals surface area contributed by atoms with E-state index in [0.717, 1.165) is 0 Å². The van der Waals surface area contributed by atoms with Crippen LogP contribution in [0.25, 0.3) is 5.70 Å². The molecule has 2 aromatic rings. The number of halogens is 1. The van der Waals surface area contributed by atoms with Crippen molar-refractivity contribution in [2.75, 3.05) is 0 Å². The Morgan fingerprint density at radius 3 is 2.65 bits per heavy atom. The molecule has 23 heavy (non-hydrogen) atoms. The van der Waals surface area contributed by atoms with Crippen molar-refractivity contribution in [1.82, 2.24) is 4.57 Å². The first-order valence-electron chi connectivity index (χ1n) is 6.87. The molecule has 0 atom stereocenters. The van der Waals surface area contributed by atoms with Crippen LogP contribution in [-0.2, 0) is 0 Å². The second-order valence-electron chi connectivity index (χ2n) is 5.69. The monoisotopic (exact) mass is 332 g/mol. The zero-order chi connectivity index (χ0) is 16.8. The van der Waals surface area contributed by atoms with Crippen molar-refractivity contribution in [3.8, 4) is 5.75 Å². The summed E-state index contributed by atoms with van der Waals surface area (Å²) in [7, 11) is 0. The third-order valence-electron chi connectivity index (χ3n) is 3.45. The van der Waals surface area contributed by atoms with E-state index in [1.807, 2.05) is 13.8 Å². The molecule has 1 aliphatic rings. The number of benzene rings is 1. The molecule has 1 aliphatic heterocycles. The summed E-state index contributed by atoms with van der Waals surface area (Å²) in [4.78, 5) is 22.8. The maximum absolute atomic E-state index is 12.2. The lowest BCUT2D eigenvalue weighted by molar-refractivity contribution is -0.384. The summed E-state index contributed by atoms with van der Waals surface area (Å²) in [6, 6.07) is 8.81. The molecular weight excluding hydrogens is 320 g/mol. The van der Waals surface area contributed by atoms with Crippen LogP contribution >= 0.6 is 11.6 Å². The summed E-state index contributed by atoms with van der Waals surface area (Å²) in [5.41, 5.74) is -0.168. The molecule has 0 saturated heterocycles. The maximum Gasteiger partial charge on any atom is 0.270 e. The van der Waals surface area contributed by atoms with Crippen molar-refractivity contribution < 1.29 is 9.66 Å². The van der Waals surface area contributed by atoms with Crippen LogP contribution < -0.4 is 10.3 Å². The number of hydrogen-bond acceptors (Lipinski definition) is 4. The summed E-state index contributed by atoms with van der Waals surface area (Å²) < 4.78 is 7.14. The molecule has 0 bridgehead atoms. The average molecular weight is 333 g/mol. The van der Waals surface area contributed by atoms with Gasteiger partial charge in [0.05, 0.1) is 10.6 Å². The van der Waals surface area contributed by atoms with Gasteiger partial charge in [-0.15, -0.1) is 0 Å². The van der Waals surface area contributed by atoms with Crippen LogP contribution in [0.4, 0.5) is 5.69 Å². The Morgan fingerprint density at radius 2 is 2.00 bits per heavy atom. The van der Waals surface area contributed by atoms with Gasteiger partial charge in [0.25, 0.3) is 11.2 Å². The summed E-state index contributed by atoms with van der Waals surface area (Å²) in [6.07, 6.45) is 1.73. The SMILES string of the molecule is CC1(C)C=C(n2c(Cl)cccc2=O)c2cc([N+](=O)[O-])ccc2O1. The first-order valence-corrected chi connectivity index (χ1v) is 7.25. The number of nitrogens with zero attached hydrogens (tertiary/aromatic N) is 2. The molecular formula is C16H13ClN2O4. The number of hydrogen-bond donors (Lipinski definition) is 0. The van der Waals surface area contributed by atoms with Crippen LogP contribution in [0.2, 0.25) is 5.15 Å². The smallest absolute Gasteiger partial charge is 0.270 e. The average Bonchev–Trinajstić information content (AvgIpc) is 2.45. The molecule has 1 aromatic heterocycles. The molecule has 0 aliphatic carbocycles. The highest BCUT2D eigenvalue weighted by Crippen LogP contribution is 2.39. The van der Waals surface area contributed by atoms with Crippen molar-refractivity contribution in [3.05, 3.63) is 73.7 Å². The van der Waals surface area contributed by atoms with E-state index in [2.05, 4.69) is 0 Å². The van der Waals surface area contributed by atoms with Gasteiger partial charge < -0.3 is 4.74 Å². The second kappa shape index (κ2) is 5.24. The van der Waals surface area contributed by atoms with E-state index in [0.29, 0.717) is 17.0 Å². The number of nitro benzene ring substituents is 1. The number of rotatable bonds is 2. The lowest BCUT2D eigenvalue weighted by Crippen LogP contribution is -2.32. The Bertz CT molecular complexity index is 899. The van der Waals surface area contributed by atoms with Crippen molar-refractivity contribution in [3.63, 3.8) is 0 Å². The molecule has 0 spiro atoms. The maximum atomic E-state index is 12.2. The molecule has 3 rings (SSSR count). The molecule has 0 unspecified atom stereocenters. The largest absolute Gasteiger partial charge is 0.483 e. The fourth-order valence-electron chi connectivity index (χ4n) is 2.52. The van der Waals surface area contributed by atoms with Gasteiger partial charge in [-0.25, -0.2) is 0 Å². The van der Waals surface area contributed by atoms with Crippen molar-refractivity contribution in [2.45, 2.75) is 19.4 Å². The Balaban J connectivity index is 2.31. The minimum Gasteiger partial charge on any atom is -0.483 e. The van der Waals surface area contributed by atoms with Crippen molar-refractivity contribution >= 4 is 23.0 Å². The van der Waals surface area contributed by atoms with Gasteiger partial charge in [0.1, 0.15) is 16.5 Å². The molecule has 0 fully saturated rings. The lowest BCUT2D eigenvalue weighted by atomic mass is 9.98. The summed E-state index contributed by atoms with van der Waals surface area (Å²) >= 11 is 6.17. The number of fused-ring (bicyclic) bond motifs is 1. The highest BCUT2D eigenvalue weighted by Gasteiger charge is 2.29. The molecule has 118 valence electrons. The van der Waals surface area contributed by atoms with Crippen LogP contribution in [0.1, 0.15) is 19.4 Å². The third kappa shape index (κ3) is 2.73. The third-order valence-corrected chi connectivity index (χ3v) is 3.75. The van der Waals surface area contributed by atoms with Gasteiger partial charge >= 0.3 is 0 Å². The van der Waals surface area contributed by atoms with E-state index >= 15 is 0 Å². The number of non-ortho nitro benzene ring substituents is 1. The fraction of sp³-hybridized carbons (Fsp3) is 0.188. The predicted molar refractivity (Wildman–Crippen MR) is 86.9 cm³/mol. The zero-order valence-corrected chi connectivity index (χ0v) is 13.2. The van der Waals surface area contributed by atoms with Crippen LogP contribution in [0.15, 0.2) is 47.3 Å². The highest BCUT2D eigenvalue weighted by molar-refractivity contribution is 6.30. The van der Waals surface area contributed by atoms with Gasteiger partial charge in [-0.2, -0.15) is 0 Å². The molecule has 7 heteroatoms. The fourth-order valence-corrected chi connectivity index (χ4v) is 2.77. The van der Waals surface area contributed by atoms with Crippen LogP contribution in [0.5, 0.6) is 5.75 Å². The lowest BCUT2D eigenvalue weighted by Gasteiger charge is -2.31. The van der Waals surface area contributed by atoms with E-state index < -0.39 is 10.5 Å². The zero-order valence-electron chi connectivity index (χ0n) is 12.4. The Morgan fingerprint density at radius 1 is 1.26 bits per heavy atom. The number of aromatic nitrogens is 1. The van der Waals surface area contributed by atoms with Gasteiger partial charge in [-0.1, -0.05) is 17.7 Å². The molecule has 0 N–H and O–H groups in total. The summed E-state index contributed by atoms with van der Waals surface area (Å²) in [6.45, 7) is 3.67. The van der Waals surface area contributed by atoms with E-state index in [-0.39, 0.29) is 16.4 Å². The van der Waals surface area contributed by atoms with Crippen molar-refractivity contribution in [2.24, 2.45) is 0 Å². The van der Waals surface area contributed by atoms with Crippen LogP contribution in [0, 0.1) is 10.1 Å². The van der Waals surface area contributed by atoms with Gasteiger partial charge in [-0.3, -0.25) is 19.5 Å². The van der Waals surface area contributed by atoms with E-state index in [9.17, 15) is 14.9 Å². The first kappa shape index (κ1) is 15.3. The predicted octanol–water partition coefficient (Wildman–Crippen LogP) is 3.47. The standard InChI is InChI=1S/C16H13ClN2O4/c1-16(2)9-12(18-14(17)4-3-5-15(18)20)11-8-10(19(21)22)6-7-13(11)23-16/h3-9H,1-2H3. The van der Waals surface area contributed by atoms with E-state index in [4.69, 9.17) is 16.3 Å². The van der Waals surface area contributed by atoms with Gasteiger partial charge in [0.15, 0.2) is 0 Å². The van der Waals surface area contributed by atoms with E-state index in [1.54, 1.807) is 18.2 Å². The van der Waals surface area contributed by atoms with Crippen LogP contribution in [0.3, 0.4) is 0 Å². The number of pyridine rings is 1. The molecule has 0 saturated carbocycles. The van der Waals surface area contributed by atoms with Gasteiger partial charge in [0, 0.05) is 23.8 Å². The second-order valence-corrected chi connectivity index (χ2v) is 6.08. The van der Waals surface area contributed by atoms with Crippen molar-refractivity contribution in [1.29, 1.82) is 0 Å². The Hall–Kier alpha value is -2.60. The molecule has 0 amide bonds. The molecule has 6 nitrogen and oxygen atoms in total. The highest BCUT2D eigenvalue weighted by atomic mass is 35.5. The molecule has 0 radical (unpaired) electrons. The molecule has 2 heterocycles. The Kier molecular flexibility index (Phi) is 3.49.